The van der Waals surface area contributed by atoms with Crippen molar-refractivity contribution in [3.63, 3.8) is 0 Å². The average molecular weight is 272 g/mol. The molecule has 0 fully saturated rings. The van der Waals surface area contributed by atoms with Crippen LogP contribution < -0.4 is 0 Å². The normalized spacial score (nSPS) is 10.2. The fourth-order valence-corrected chi connectivity index (χ4v) is 2.25. The molecule has 0 saturated heterocycles. The number of ether oxygens (including phenoxy) is 1. The largest absolute Gasteiger partial charge is 0.461 e. The van der Waals surface area contributed by atoms with Crippen molar-refractivity contribution in [1.82, 2.24) is 0 Å². The molecule has 0 radical (unpaired) electrons. The molecule has 0 aromatic heterocycles. The van der Waals surface area contributed by atoms with Gasteiger partial charge in [-0.05, 0) is 29.2 Å². The number of hydrogen-bond acceptors (Lipinski definition) is 3. The second-order valence-corrected chi connectivity index (χ2v) is 4.84. The lowest BCUT2D eigenvalue weighted by atomic mass is 10.00. The van der Waals surface area contributed by atoms with E-state index in [2.05, 4.69) is 24.8 Å². The van der Waals surface area contributed by atoms with Crippen molar-refractivity contribution in [2.75, 3.05) is 0 Å². The van der Waals surface area contributed by atoms with Gasteiger partial charge in [-0.25, -0.2) is 0 Å². The van der Waals surface area contributed by atoms with Crippen molar-refractivity contribution in [3.05, 3.63) is 65.2 Å². The van der Waals surface area contributed by atoms with Gasteiger partial charge in [0.1, 0.15) is 6.61 Å². The molecule has 19 heavy (non-hydrogen) atoms. The van der Waals surface area contributed by atoms with Gasteiger partial charge in [-0.1, -0.05) is 42.5 Å². The lowest BCUT2D eigenvalue weighted by Crippen LogP contribution is -2.03. The number of carbonyl (C=O) groups is 1. The second-order valence-electron chi connectivity index (χ2n) is 4.36. The van der Waals surface area contributed by atoms with Gasteiger partial charge in [0, 0.05) is 11.8 Å². The van der Waals surface area contributed by atoms with Gasteiger partial charge in [0.15, 0.2) is 0 Å². The Bertz CT molecular complexity index is 564. The Morgan fingerprint density at radius 1 is 1.11 bits per heavy atom. The first-order chi connectivity index (χ1) is 9.16. The van der Waals surface area contributed by atoms with Crippen LogP contribution >= 0.6 is 12.6 Å². The predicted molar refractivity (Wildman–Crippen MR) is 78.4 cm³/mol. The zero-order valence-corrected chi connectivity index (χ0v) is 11.7. The molecular formula is C16H16O2S. The number of rotatable bonds is 4. The van der Waals surface area contributed by atoms with Crippen LogP contribution in [0.3, 0.4) is 0 Å². The van der Waals surface area contributed by atoms with Crippen LogP contribution in [0.15, 0.2) is 53.4 Å². The molecule has 0 heterocycles. The molecule has 0 aliphatic carbocycles. The molecule has 3 heteroatoms. The molecule has 2 aromatic rings. The molecule has 0 saturated carbocycles. The van der Waals surface area contributed by atoms with Crippen molar-refractivity contribution < 1.29 is 9.53 Å². The maximum absolute atomic E-state index is 10.9. The van der Waals surface area contributed by atoms with Crippen LogP contribution in [-0.2, 0) is 22.6 Å². The van der Waals surface area contributed by atoms with Crippen molar-refractivity contribution in [2.45, 2.75) is 24.8 Å². The second kappa shape index (κ2) is 6.43. The highest BCUT2D eigenvalue weighted by Gasteiger charge is 2.08. The standard InChI is InChI=1S/C16H16O2S/c1-12(17)18-11-14-8-5-9-16(19)15(14)10-13-6-3-2-4-7-13/h2-9,19H,10-11H2,1H3. The maximum atomic E-state index is 10.9. The number of thiol groups is 1. The third kappa shape index (κ3) is 3.86. The zero-order valence-electron chi connectivity index (χ0n) is 10.8. The van der Waals surface area contributed by atoms with Gasteiger partial charge in [-0.2, -0.15) is 0 Å². The van der Waals surface area contributed by atoms with E-state index in [1.54, 1.807) is 0 Å². The summed E-state index contributed by atoms with van der Waals surface area (Å²) in [6, 6.07) is 16.0. The summed E-state index contributed by atoms with van der Waals surface area (Å²) in [4.78, 5) is 11.9. The zero-order chi connectivity index (χ0) is 13.7. The Hall–Kier alpha value is -1.74. The number of esters is 1. The first-order valence-electron chi connectivity index (χ1n) is 6.14. The molecule has 0 spiro atoms. The summed E-state index contributed by atoms with van der Waals surface area (Å²) in [6.07, 6.45) is 0.789. The Kier molecular flexibility index (Phi) is 4.63. The van der Waals surface area contributed by atoms with Gasteiger partial charge < -0.3 is 4.74 Å². The summed E-state index contributed by atoms with van der Waals surface area (Å²) >= 11 is 4.50. The van der Waals surface area contributed by atoms with Gasteiger partial charge in [0.2, 0.25) is 0 Å². The van der Waals surface area contributed by atoms with Crippen LogP contribution in [-0.4, -0.2) is 5.97 Å². The highest BCUT2D eigenvalue weighted by atomic mass is 32.1. The molecular weight excluding hydrogens is 256 g/mol. The average Bonchev–Trinajstić information content (AvgIpc) is 2.40. The van der Waals surface area contributed by atoms with Crippen molar-refractivity contribution in [3.8, 4) is 0 Å². The molecule has 0 bridgehead atoms. The molecule has 2 nitrogen and oxygen atoms in total. The van der Waals surface area contributed by atoms with E-state index in [1.807, 2.05) is 36.4 Å². The summed E-state index contributed by atoms with van der Waals surface area (Å²) in [6.45, 7) is 1.72. The van der Waals surface area contributed by atoms with Crippen LogP contribution in [0.5, 0.6) is 0 Å². The molecule has 0 atom stereocenters. The molecule has 0 aliphatic rings. The van der Waals surface area contributed by atoms with E-state index < -0.39 is 0 Å². The van der Waals surface area contributed by atoms with Gasteiger partial charge in [-0.3, -0.25) is 4.79 Å². The van der Waals surface area contributed by atoms with E-state index in [4.69, 9.17) is 4.74 Å². The van der Waals surface area contributed by atoms with E-state index >= 15 is 0 Å². The van der Waals surface area contributed by atoms with Gasteiger partial charge >= 0.3 is 5.97 Å². The minimum atomic E-state index is -0.268. The van der Waals surface area contributed by atoms with E-state index in [0.717, 1.165) is 22.4 Å². The highest BCUT2D eigenvalue weighted by molar-refractivity contribution is 7.80. The van der Waals surface area contributed by atoms with E-state index in [0.29, 0.717) is 6.61 Å². The first kappa shape index (κ1) is 13.7. The SMILES string of the molecule is CC(=O)OCc1cccc(S)c1Cc1ccccc1. The molecule has 0 amide bonds. The molecule has 0 N–H and O–H groups in total. The van der Waals surface area contributed by atoms with Crippen molar-refractivity contribution >= 4 is 18.6 Å². The number of carbonyl (C=O) groups excluding carboxylic acids is 1. The number of benzene rings is 2. The van der Waals surface area contributed by atoms with Crippen molar-refractivity contribution in [2.24, 2.45) is 0 Å². The van der Waals surface area contributed by atoms with Crippen LogP contribution in [0.2, 0.25) is 0 Å². The summed E-state index contributed by atoms with van der Waals surface area (Å²) in [5.74, 6) is -0.268. The lowest BCUT2D eigenvalue weighted by molar-refractivity contribution is -0.142. The van der Waals surface area contributed by atoms with Crippen LogP contribution in [0.4, 0.5) is 0 Å². The fraction of sp³-hybridized carbons (Fsp3) is 0.188. The Balaban J connectivity index is 2.25. The summed E-state index contributed by atoms with van der Waals surface area (Å²) in [5, 5.41) is 0. The van der Waals surface area contributed by atoms with E-state index in [-0.39, 0.29) is 5.97 Å². The van der Waals surface area contributed by atoms with Gasteiger partial charge in [0.05, 0.1) is 0 Å². The minimum Gasteiger partial charge on any atom is -0.461 e. The number of hydrogen-bond donors (Lipinski definition) is 1. The molecule has 98 valence electrons. The maximum Gasteiger partial charge on any atom is 0.302 e. The van der Waals surface area contributed by atoms with Crippen LogP contribution in [0.25, 0.3) is 0 Å². The van der Waals surface area contributed by atoms with Crippen molar-refractivity contribution in [1.29, 1.82) is 0 Å². The predicted octanol–water partition coefficient (Wildman–Crippen LogP) is 3.63. The summed E-state index contributed by atoms with van der Waals surface area (Å²) in [5.41, 5.74) is 3.33. The molecule has 0 aliphatic heterocycles. The minimum absolute atomic E-state index is 0.268. The molecule has 2 aromatic carbocycles. The lowest BCUT2D eigenvalue weighted by Gasteiger charge is -2.12. The van der Waals surface area contributed by atoms with Gasteiger partial charge in [-0.15, -0.1) is 12.6 Å². The quantitative estimate of drug-likeness (QED) is 0.679. The third-order valence-electron chi connectivity index (χ3n) is 2.90. The van der Waals surface area contributed by atoms with Crippen LogP contribution in [0, 0.1) is 0 Å². The Morgan fingerprint density at radius 2 is 1.84 bits per heavy atom. The summed E-state index contributed by atoms with van der Waals surface area (Å²) in [7, 11) is 0. The van der Waals surface area contributed by atoms with E-state index in [1.165, 1.54) is 12.5 Å². The van der Waals surface area contributed by atoms with E-state index in [9.17, 15) is 4.79 Å². The molecule has 2 rings (SSSR count). The third-order valence-corrected chi connectivity index (χ3v) is 3.32. The highest BCUT2D eigenvalue weighted by Crippen LogP contribution is 2.22. The van der Waals surface area contributed by atoms with Gasteiger partial charge in [0.25, 0.3) is 0 Å². The Labute approximate surface area is 118 Å². The Morgan fingerprint density at radius 3 is 2.53 bits per heavy atom. The molecule has 0 unspecified atom stereocenters. The van der Waals surface area contributed by atoms with Crippen LogP contribution in [0.1, 0.15) is 23.6 Å². The smallest absolute Gasteiger partial charge is 0.302 e. The monoisotopic (exact) mass is 272 g/mol. The summed E-state index contributed by atoms with van der Waals surface area (Å²) < 4.78 is 5.09. The fourth-order valence-electron chi connectivity index (χ4n) is 1.94. The topological polar surface area (TPSA) is 26.3 Å². The first-order valence-corrected chi connectivity index (χ1v) is 6.58.